The van der Waals surface area contributed by atoms with Crippen molar-refractivity contribution in [2.75, 3.05) is 0 Å². The molecule has 3 rings (SSSR count). The van der Waals surface area contributed by atoms with Gasteiger partial charge in [0.25, 0.3) is 0 Å². The molecular formula is C13H22O. The summed E-state index contributed by atoms with van der Waals surface area (Å²) in [5.41, 5.74) is 0.168. The van der Waals surface area contributed by atoms with Crippen LogP contribution < -0.4 is 0 Å². The van der Waals surface area contributed by atoms with E-state index in [4.69, 9.17) is 0 Å². The monoisotopic (exact) mass is 194 g/mol. The van der Waals surface area contributed by atoms with Crippen molar-refractivity contribution >= 4 is 0 Å². The fourth-order valence-electron chi connectivity index (χ4n) is 5.17. The zero-order valence-electron chi connectivity index (χ0n) is 9.42. The van der Waals surface area contributed by atoms with Crippen LogP contribution in [-0.4, -0.2) is 10.7 Å². The van der Waals surface area contributed by atoms with Crippen molar-refractivity contribution in [3.8, 4) is 0 Å². The van der Waals surface area contributed by atoms with Gasteiger partial charge in [-0.25, -0.2) is 0 Å². The van der Waals surface area contributed by atoms with Crippen LogP contribution in [0.5, 0.6) is 0 Å². The molecule has 0 amide bonds. The molecule has 0 saturated heterocycles. The third-order valence-corrected chi connectivity index (χ3v) is 5.64. The molecule has 3 saturated carbocycles. The lowest BCUT2D eigenvalue weighted by Gasteiger charge is -2.62. The molecule has 1 unspecified atom stereocenters. The molecule has 0 aromatic heterocycles. The van der Waals surface area contributed by atoms with Gasteiger partial charge in [-0.05, 0) is 55.8 Å². The molecule has 0 aliphatic heterocycles. The van der Waals surface area contributed by atoms with Crippen molar-refractivity contribution in [2.45, 2.75) is 58.0 Å². The van der Waals surface area contributed by atoms with Crippen LogP contribution in [0.1, 0.15) is 52.4 Å². The summed E-state index contributed by atoms with van der Waals surface area (Å²) in [6.45, 7) is 4.51. The van der Waals surface area contributed by atoms with Crippen LogP contribution in [0.25, 0.3) is 0 Å². The first kappa shape index (κ1) is 9.21. The maximum absolute atomic E-state index is 10.4. The minimum Gasteiger partial charge on any atom is -0.390 e. The molecule has 1 heteroatoms. The van der Waals surface area contributed by atoms with Crippen LogP contribution in [0.2, 0.25) is 0 Å². The van der Waals surface area contributed by atoms with Gasteiger partial charge in [0.15, 0.2) is 0 Å². The van der Waals surface area contributed by atoms with Gasteiger partial charge in [0.1, 0.15) is 0 Å². The minimum absolute atomic E-state index is 0.340. The van der Waals surface area contributed by atoms with E-state index in [-0.39, 0.29) is 5.60 Å². The van der Waals surface area contributed by atoms with Crippen molar-refractivity contribution in [2.24, 2.45) is 23.2 Å². The summed E-state index contributed by atoms with van der Waals surface area (Å²) in [6, 6.07) is 0. The maximum Gasteiger partial charge on any atom is 0.0656 e. The lowest BCUT2D eigenvalue weighted by Crippen LogP contribution is -2.59. The predicted octanol–water partition coefficient (Wildman–Crippen LogP) is 2.97. The highest BCUT2D eigenvalue weighted by Crippen LogP contribution is 2.70. The van der Waals surface area contributed by atoms with Crippen molar-refractivity contribution in [3.05, 3.63) is 0 Å². The number of rotatable bonds is 0. The second-order valence-corrected chi connectivity index (χ2v) is 6.40. The summed E-state index contributed by atoms with van der Waals surface area (Å²) in [5.74, 6) is 2.45. The summed E-state index contributed by atoms with van der Waals surface area (Å²) in [5, 5.41) is 10.4. The van der Waals surface area contributed by atoms with E-state index < -0.39 is 0 Å². The maximum atomic E-state index is 10.4. The lowest BCUT2D eigenvalue weighted by atomic mass is 9.43. The second-order valence-electron chi connectivity index (χ2n) is 6.40. The molecule has 3 aliphatic rings. The Labute approximate surface area is 86.9 Å². The van der Waals surface area contributed by atoms with E-state index in [0.29, 0.717) is 11.3 Å². The normalized spacial score (nSPS) is 61.5. The zero-order valence-corrected chi connectivity index (χ0v) is 9.42. The quantitative estimate of drug-likeness (QED) is 0.628. The van der Waals surface area contributed by atoms with Gasteiger partial charge < -0.3 is 5.11 Å². The lowest BCUT2D eigenvalue weighted by molar-refractivity contribution is -0.174. The smallest absolute Gasteiger partial charge is 0.0656 e. The number of aliphatic hydroxyl groups is 1. The van der Waals surface area contributed by atoms with Gasteiger partial charge >= 0.3 is 0 Å². The van der Waals surface area contributed by atoms with Gasteiger partial charge in [0.05, 0.1) is 5.60 Å². The van der Waals surface area contributed by atoms with Crippen LogP contribution in [0.3, 0.4) is 0 Å². The van der Waals surface area contributed by atoms with E-state index >= 15 is 0 Å². The van der Waals surface area contributed by atoms with E-state index in [1.807, 2.05) is 0 Å². The van der Waals surface area contributed by atoms with E-state index in [0.717, 1.165) is 18.3 Å². The average Bonchev–Trinajstić information content (AvgIpc) is 2.33. The Morgan fingerprint density at radius 3 is 2.57 bits per heavy atom. The highest BCUT2D eigenvalue weighted by Gasteiger charge is 2.67. The van der Waals surface area contributed by atoms with Gasteiger partial charge in [-0.3, -0.25) is 0 Å². The van der Waals surface area contributed by atoms with Gasteiger partial charge in [-0.15, -0.1) is 0 Å². The molecular weight excluding hydrogens is 172 g/mol. The van der Waals surface area contributed by atoms with E-state index in [1.165, 1.54) is 32.1 Å². The van der Waals surface area contributed by atoms with E-state index in [2.05, 4.69) is 13.8 Å². The molecule has 0 bridgehead atoms. The Bertz CT molecular complexity index is 258. The molecule has 14 heavy (non-hydrogen) atoms. The molecule has 0 aromatic rings. The fourth-order valence-corrected chi connectivity index (χ4v) is 5.17. The topological polar surface area (TPSA) is 20.2 Å². The van der Waals surface area contributed by atoms with Crippen LogP contribution in [0, 0.1) is 23.2 Å². The van der Waals surface area contributed by atoms with E-state index in [1.54, 1.807) is 0 Å². The van der Waals surface area contributed by atoms with Gasteiger partial charge in [-0.1, -0.05) is 19.8 Å². The highest BCUT2D eigenvalue weighted by molar-refractivity contribution is 5.16. The van der Waals surface area contributed by atoms with Crippen LogP contribution >= 0.6 is 0 Å². The summed E-state index contributed by atoms with van der Waals surface area (Å²) < 4.78 is 0. The van der Waals surface area contributed by atoms with Crippen LogP contribution in [-0.2, 0) is 0 Å². The van der Waals surface area contributed by atoms with Crippen molar-refractivity contribution in [1.82, 2.24) is 0 Å². The molecule has 0 aromatic carbocycles. The Morgan fingerprint density at radius 2 is 1.79 bits per heavy atom. The molecule has 0 heterocycles. The first-order chi connectivity index (χ1) is 6.56. The van der Waals surface area contributed by atoms with Crippen molar-refractivity contribution in [1.29, 1.82) is 0 Å². The van der Waals surface area contributed by atoms with Crippen LogP contribution in [0.15, 0.2) is 0 Å². The van der Waals surface area contributed by atoms with Gasteiger partial charge in [0, 0.05) is 0 Å². The Kier molecular flexibility index (Phi) is 1.68. The minimum atomic E-state index is -0.340. The number of hydrogen-bond acceptors (Lipinski definition) is 1. The van der Waals surface area contributed by atoms with Crippen molar-refractivity contribution in [3.63, 3.8) is 0 Å². The van der Waals surface area contributed by atoms with Crippen molar-refractivity contribution < 1.29 is 5.11 Å². The molecule has 0 radical (unpaired) electrons. The molecule has 5 atom stereocenters. The molecule has 1 nitrogen and oxygen atoms in total. The molecule has 3 aliphatic carbocycles. The highest BCUT2D eigenvalue weighted by atomic mass is 16.3. The number of hydrogen-bond donors (Lipinski definition) is 1. The van der Waals surface area contributed by atoms with Crippen LogP contribution in [0.4, 0.5) is 0 Å². The Hall–Kier alpha value is -0.0400. The Balaban J connectivity index is 1.91. The van der Waals surface area contributed by atoms with Gasteiger partial charge in [-0.2, -0.15) is 0 Å². The molecule has 3 fully saturated rings. The number of fused-ring (bicyclic) bond motifs is 4. The molecule has 1 N–H and O–H groups in total. The fraction of sp³-hybridized carbons (Fsp3) is 1.00. The zero-order chi connectivity index (χ0) is 9.97. The van der Waals surface area contributed by atoms with Gasteiger partial charge in [0.2, 0.25) is 0 Å². The van der Waals surface area contributed by atoms with E-state index in [9.17, 15) is 5.11 Å². The SMILES string of the molecule is CC1(O)CC[C@@]2(C)[C@@H]3CCCC[C@@H]3[C@@H]12. The standard InChI is InChI=1S/C13H22O/c1-12-7-8-13(2,14)11(12)9-5-3-4-6-10(9)12/h9-11,14H,3-8H2,1-2H3/t9-,10+,11+,12-,13?/m0/s1. The molecule has 0 spiro atoms. The molecule has 80 valence electrons. The summed E-state index contributed by atoms with van der Waals surface area (Å²) in [7, 11) is 0. The largest absolute Gasteiger partial charge is 0.390 e. The summed E-state index contributed by atoms with van der Waals surface area (Å²) >= 11 is 0. The first-order valence-electron chi connectivity index (χ1n) is 6.28. The third kappa shape index (κ3) is 0.900. The summed E-state index contributed by atoms with van der Waals surface area (Å²) in [6.07, 6.45) is 7.98. The first-order valence-corrected chi connectivity index (χ1v) is 6.28. The third-order valence-electron chi connectivity index (χ3n) is 5.64. The second kappa shape index (κ2) is 2.55. The predicted molar refractivity (Wildman–Crippen MR) is 56.9 cm³/mol. The Morgan fingerprint density at radius 1 is 1.07 bits per heavy atom. The average molecular weight is 194 g/mol. The summed E-state index contributed by atoms with van der Waals surface area (Å²) in [4.78, 5) is 0.